The number of aromatic nitrogens is 2. The summed E-state index contributed by atoms with van der Waals surface area (Å²) in [6.07, 6.45) is 4.95. The molecule has 1 atom stereocenters. The first-order valence-electron chi connectivity index (χ1n) is 5.65. The summed E-state index contributed by atoms with van der Waals surface area (Å²) >= 11 is 0. The molecule has 1 aromatic rings. The molecule has 5 heteroatoms. The van der Waals surface area contributed by atoms with Crippen molar-refractivity contribution < 1.29 is 5.11 Å². The molecule has 0 saturated carbocycles. The van der Waals surface area contributed by atoms with Crippen molar-refractivity contribution in [1.82, 2.24) is 14.9 Å². The first-order valence-corrected chi connectivity index (χ1v) is 5.65. The SMILES string of the molecule is CN1CCC(c2cnc(NCCO)nc2)C1. The van der Waals surface area contributed by atoms with Crippen LogP contribution in [0.15, 0.2) is 12.4 Å². The van der Waals surface area contributed by atoms with Crippen LogP contribution in [0.4, 0.5) is 5.95 Å². The fourth-order valence-corrected chi connectivity index (χ4v) is 2.01. The van der Waals surface area contributed by atoms with Crippen LogP contribution in [0.5, 0.6) is 0 Å². The topological polar surface area (TPSA) is 61.3 Å². The maximum Gasteiger partial charge on any atom is 0.222 e. The highest BCUT2D eigenvalue weighted by Crippen LogP contribution is 2.25. The summed E-state index contributed by atoms with van der Waals surface area (Å²) in [5.41, 5.74) is 1.21. The van der Waals surface area contributed by atoms with Crippen molar-refractivity contribution in [2.45, 2.75) is 12.3 Å². The number of nitrogens with zero attached hydrogens (tertiary/aromatic N) is 3. The number of likely N-dealkylation sites (N-methyl/N-ethyl adjacent to an activating group) is 1. The minimum Gasteiger partial charge on any atom is -0.395 e. The van der Waals surface area contributed by atoms with E-state index < -0.39 is 0 Å². The average molecular weight is 222 g/mol. The van der Waals surface area contributed by atoms with Gasteiger partial charge in [0.1, 0.15) is 0 Å². The molecule has 1 aromatic heterocycles. The Morgan fingerprint density at radius 3 is 2.81 bits per heavy atom. The van der Waals surface area contributed by atoms with Gasteiger partial charge in [0.25, 0.3) is 0 Å². The molecule has 1 unspecified atom stereocenters. The van der Waals surface area contributed by atoms with Crippen LogP contribution in [0.2, 0.25) is 0 Å². The monoisotopic (exact) mass is 222 g/mol. The van der Waals surface area contributed by atoms with Gasteiger partial charge in [0, 0.05) is 31.4 Å². The Morgan fingerprint density at radius 1 is 1.50 bits per heavy atom. The molecule has 0 radical (unpaired) electrons. The van der Waals surface area contributed by atoms with Gasteiger partial charge in [-0.05, 0) is 25.6 Å². The second kappa shape index (κ2) is 5.23. The average Bonchev–Trinajstić information content (AvgIpc) is 2.74. The van der Waals surface area contributed by atoms with E-state index in [0.29, 0.717) is 18.4 Å². The third-order valence-corrected chi connectivity index (χ3v) is 2.93. The Bertz CT molecular complexity index is 327. The van der Waals surface area contributed by atoms with E-state index >= 15 is 0 Å². The van der Waals surface area contributed by atoms with Crippen molar-refractivity contribution in [2.75, 3.05) is 38.6 Å². The second-order valence-electron chi connectivity index (χ2n) is 4.24. The number of hydrogen-bond acceptors (Lipinski definition) is 5. The summed E-state index contributed by atoms with van der Waals surface area (Å²) in [6.45, 7) is 2.83. The number of anilines is 1. The molecular formula is C11H18N4O. The molecule has 1 saturated heterocycles. The van der Waals surface area contributed by atoms with Crippen LogP contribution in [0.1, 0.15) is 17.9 Å². The molecule has 16 heavy (non-hydrogen) atoms. The molecule has 0 bridgehead atoms. The number of rotatable bonds is 4. The number of likely N-dealkylation sites (tertiary alicyclic amines) is 1. The summed E-state index contributed by atoms with van der Waals surface area (Å²) in [5, 5.41) is 11.6. The lowest BCUT2D eigenvalue weighted by molar-refractivity contribution is 0.311. The van der Waals surface area contributed by atoms with Gasteiger partial charge in [0.05, 0.1) is 6.61 Å². The van der Waals surface area contributed by atoms with Crippen molar-refractivity contribution in [2.24, 2.45) is 0 Å². The summed E-state index contributed by atoms with van der Waals surface area (Å²) in [4.78, 5) is 10.8. The van der Waals surface area contributed by atoms with E-state index in [1.54, 1.807) is 0 Å². The third-order valence-electron chi connectivity index (χ3n) is 2.93. The molecule has 1 fully saturated rings. The summed E-state index contributed by atoms with van der Waals surface area (Å²) in [5.74, 6) is 1.15. The van der Waals surface area contributed by atoms with E-state index in [1.165, 1.54) is 12.0 Å². The maximum absolute atomic E-state index is 8.66. The van der Waals surface area contributed by atoms with E-state index in [0.717, 1.165) is 13.1 Å². The zero-order valence-electron chi connectivity index (χ0n) is 9.56. The van der Waals surface area contributed by atoms with Gasteiger partial charge in [0.2, 0.25) is 5.95 Å². The van der Waals surface area contributed by atoms with Crippen molar-refractivity contribution in [3.05, 3.63) is 18.0 Å². The molecule has 88 valence electrons. The number of nitrogens with one attached hydrogen (secondary N) is 1. The van der Waals surface area contributed by atoms with E-state index in [4.69, 9.17) is 5.11 Å². The predicted octanol–water partition coefficient (Wildman–Crippen LogP) is 0.300. The lowest BCUT2D eigenvalue weighted by atomic mass is 10.0. The molecule has 1 aliphatic rings. The van der Waals surface area contributed by atoms with Crippen LogP contribution >= 0.6 is 0 Å². The normalized spacial score (nSPS) is 21.2. The first-order chi connectivity index (χ1) is 7.79. The van der Waals surface area contributed by atoms with Crippen molar-refractivity contribution >= 4 is 5.95 Å². The van der Waals surface area contributed by atoms with Crippen molar-refractivity contribution in [3.63, 3.8) is 0 Å². The van der Waals surface area contributed by atoms with Crippen LogP contribution < -0.4 is 5.32 Å². The Hall–Kier alpha value is -1.20. The highest BCUT2D eigenvalue weighted by atomic mass is 16.3. The Morgan fingerprint density at radius 2 is 2.25 bits per heavy atom. The van der Waals surface area contributed by atoms with E-state index in [2.05, 4.69) is 27.2 Å². The summed E-state index contributed by atoms with van der Waals surface area (Å²) in [6, 6.07) is 0. The van der Waals surface area contributed by atoms with E-state index in [9.17, 15) is 0 Å². The second-order valence-corrected chi connectivity index (χ2v) is 4.24. The fourth-order valence-electron chi connectivity index (χ4n) is 2.01. The minimum atomic E-state index is 0.0958. The Balaban J connectivity index is 1.96. The molecule has 2 heterocycles. The zero-order chi connectivity index (χ0) is 11.4. The van der Waals surface area contributed by atoms with Crippen molar-refractivity contribution in [3.8, 4) is 0 Å². The highest BCUT2D eigenvalue weighted by Gasteiger charge is 2.21. The predicted molar refractivity (Wildman–Crippen MR) is 62.5 cm³/mol. The van der Waals surface area contributed by atoms with E-state index in [-0.39, 0.29) is 6.61 Å². The van der Waals surface area contributed by atoms with Gasteiger partial charge < -0.3 is 15.3 Å². The molecule has 5 nitrogen and oxygen atoms in total. The zero-order valence-corrected chi connectivity index (χ0v) is 9.56. The quantitative estimate of drug-likeness (QED) is 0.767. The molecule has 0 aliphatic carbocycles. The summed E-state index contributed by atoms with van der Waals surface area (Å²) in [7, 11) is 2.14. The van der Waals surface area contributed by atoms with Crippen molar-refractivity contribution in [1.29, 1.82) is 0 Å². The van der Waals surface area contributed by atoms with Crippen LogP contribution in [-0.4, -0.2) is 53.3 Å². The lowest BCUT2D eigenvalue weighted by Crippen LogP contribution is -2.14. The minimum absolute atomic E-state index is 0.0958. The molecule has 2 rings (SSSR count). The van der Waals surface area contributed by atoms with Crippen LogP contribution in [0.25, 0.3) is 0 Å². The van der Waals surface area contributed by atoms with Gasteiger partial charge in [-0.1, -0.05) is 0 Å². The Kier molecular flexibility index (Phi) is 3.69. The number of hydrogen-bond donors (Lipinski definition) is 2. The Labute approximate surface area is 95.5 Å². The first kappa shape index (κ1) is 11.3. The van der Waals surface area contributed by atoms with Crippen LogP contribution in [0.3, 0.4) is 0 Å². The van der Waals surface area contributed by atoms with Gasteiger partial charge in [-0.3, -0.25) is 0 Å². The lowest BCUT2D eigenvalue weighted by Gasteiger charge is -2.10. The van der Waals surface area contributed by atoms with Gasteiger partial charge in [-0.25, -0.2) is 9.97 Å². The molecule has 0 aromatic carbocycles. The largest absolute Gasteiger partial charge is 0.395 e. The maximum atomic E-state index is 8.66. The van der Waals surface area contributed by atoms with Gasteiger partial charge in [0.15, 0.2) is 0 Å². The van der Waals surface area contributed by atoms with Crippen LogP contribution in [-0.2, 0) is 0 Å². The van der Waals surface area contributed by atoms with Gasteiger partial charge >= 0.3 is 0 Å². The van der Waals surface area contributed by atoms with Gasteiger partial charge in [-0.15, -0.1) is 0 Å². The van der Waals surface area contributed by atoms with Crippen LogP contribution in [0, 0.1) is 0 Å². The molecule has 0 spiro atoms. The van der Waals surface area contributed by atoms with Gasteiger partial charge in [-0.2, -0.15) is 0 Å². The number of aliphatic hydroxyl groups is 1. The standard InChI is InChI=1S/C11H18N4O/c1-15-4-2-9(8-15)10-6-13-11(14-7-10)12-3-5-16/h6-7,9,16H,2-5,8H2,1H3,(H,12,13,14). The molecular weight excluding hydrogens is 204 g/mol. The smallest absolute Gasteiger partial charge is 0.222 e. The summed E-state index contributed by atoms with van der Waals surface area (Å²) < 4.78 is 0. The molecule has 1 aliphatic heterocycles. The highest BCUT2D eigenvalue weighted by molar-refractivity contribution is 5.26. The molecule has 0 amide bonds. The third kappa shape index (κ3) is 2.68. The molecule has 2 N–H and O–H groups in total. The fraction of sp³-hybridized carbons (Fsp3) is 0.636. The number of aliphatic hydroxyl groups excluding tert-OH is 1. The van der Waals surface area contributed by atoms with E-state index in [1.807, 2.05) is 12.4 Å².